The van der Waals surface area contributed by atoms with E-state index in [2.05, 4.69) is 15.6 Å². The molecule has 0 spiro atoms. The lowest BCUT2D eigenvalue weighted by molar-refractivity contribution is 0.619. The summed E-state index contributed by atoms with van der Waals surface area (Å²) < 4.78 is 13.3. The van der Waals surface area contributed by atoms with Crippen molar-refractivity contribution in [1.29, 1.82) is 0 Å². The number of pyridine rings is 1. The summed E-state index contributed by atoms with van der Waals surface area (Å²) in [6, 6.07) is 1.53. The standard InChI is InChI=1S/C9H11ClFN3/c10-6-3-8(11)9(13-4-6)14-7-1-2-12-5-7/h3-4,7,12H,1-2,5H2,(H,13,14). The van der Waals surface area contributed by atoms with Gasteiger partial charge in [0.15, 0.2) is 11.6 Å². The van der Waals surface area contributed by atoms with E-state index in [9.17, 15) is 4.39 Å². The van der Waals surface area contributed by atoms with Gasteiger partial charge in [-0.2, -0.15) is 0 Å². The Morgan fingerprint density at radius 2 is 2.50 bits per heavy atom. The fourth-order valence-corrected chi connectivity index (χ4v) is 1.64. The van der Waals surface area contributed by atoms with Crippen molar-refractivity contribution in [1.82, 2.24) is 10.3 Å². The molecule has 1 unspecified atom stereocenters. The number of nitrogens with one attached hydrogen (secondary N) is 2. The van der Waals surface area contributed by atoms with Gasteiger partial charge in [-0.25, -0.2) is 9.37 Å². The average molecular weight is 216 g/mol. The van der Waals surface area contributed by atoms with Crippen LogP contribution in [0.15, 0.2) is 12.3 Å². The van der Waals surface area contributed by atoms with E-state index >= 15 is 0 Å². The first-order valence-electron chi connectivity index (χ1n) is 4.54. The van der Waals surface area contributed by atoms with Crippen molar-refractivity contribution < 1.29 is 4.39 Å². The Morgan fingerprint density at radius 1 is 1.64 bits per heavy atom. The van der Waals surface area contributed by atoms with Gasteiger partial charge in [0.1, 0.15) is 0 Å². The van der Waals surface area contributed by atoms with Crippen LogP contribution in [0, 0.1) is 5.82 Å². The largest absolute Gasteiger partial charge is 0.364 e. The smallest absolute Gasteiger partial charge is 0.166 e. The maximum absolute atomic E-state index is 13.3. The molecule has 1 aliphatic rings. The van der Waals surface area contributed by atoms with Crippen LogP contribution in [0.4, 0.5) is 10.2 Å². The summed E-state index contributed by atoms with van der Waals surface area (Å²) in [6.45, 7) is 1.82. The molecule has 1 fully saturated rings. The van der Waals surface area contributed by atoms with Crippen LogP contribution in [0.1, 0.15) is 6.42 Å². The zero-order valence-corrected chi connectivity index (χ0v) is 8.31. The summed E-state index contributed by atoms with van der Waals surface area (Å²) in [7, 11) is 0. The van der Waals surface area contributed by atoms with Crippen molar-refractivity contribution in [3.63, 3.8) is 0 Å². The van der Waals surface area contributed by atoms with Crippen LogP contribution in [0.2, 0.25) is 5.02 Å². The molecule has 2 rings (SSSR count). The summed E-state index contributed by atoms with van der Waals surface area (Å²) in [6.07, 6.45) is 2.43. The first-order valence-corrected chi connectivity index (χ1v) is 4.92. The van der Waals surface area contributed by atoms with Crippen LogP contribution in [0.3, 0.4) is 0 Å². The molecule has 2 heterocycles. The summed E-state index contributed by atoms with van der Waals surface area (Å²) in [5, 5.41) is 6.53. The van der Waals surface area contributed by atoms with Gasteiger partial charge in [0.05, 0.1) is 5.02 Å². The van der Waals surface area contributed by atoms with Gasteiger partial charge in [0.25, 0.3) is 0 Å². The lowest BCUT2D eigenvalue weighted by Gasteiger charge is -2.12. The molecule has 0 bridgehead atoms. The average Bonchev–Trinajstić information content (AvgIpc) is 2.62. The highest BCUT2D eigenvalue weighted by molar-refractivity contribution is 6.30. The number of hydrogen-bond acceptors (Lipinski definition) is 3. The van der Waals surface area contributed by atoms with E-state index in [-0.39, 0.29) is 11.9 Å². The molecule has 14 heavy (non-hydrogen) atoms. The highest BCUT2D eigenvalue weighted by atomic mass is 35.5. The van der Waals surface area contributed by atoms with Crippen molar-refractivity contribution in [3.05, 3.63) is 23.1 Å². The molecule has 0 aliphatic carbocycles. The van der Waals surface area contributed by atoms with E-state index < -0.39 is 5.82 Å². The lowest BCUT2D eigenvalue weighted by Crippen LogP contribution is -2.23. The first-order chi connectivity index (χ1) is 6.75. The van der Waals surface area contributed by atoms with Crippen LogP contribution in [-0.4, -0.2) is 24.1 Å². The molecule has 0 aromatic carbocycles. The maximum Gasteiger partial charge on any atom is 0.166 e. The predicted molar refractivity (Wildman–Crippen MR) is 54.1 cm³/mol. The van der Waals surface area contributed by atoms with Gasteiger partial charge >= 0.3 is 0 Å². The van der Waals surface area contributed by atoms with Gasteiger partial charge in [-0.05, 0) is 19.0 Å². The van der Waals surface area contributed by atoms with Crippen LogP contribution in [-0.2, 0) is 0 Å². The van der Waals surface area contributed by atoms with Crippen LogP contribution >= 0.6 is 11.6 Å². The van der Waals surface area contributed by atoms with Gasteiger partial charge < -0.3 is 10.6 Å². The molecular formula is C9H11ClFN3. The molecule has 1 aromatic rings. The maximum atomic E-state index is 13.3. The lowest BCUT2D eigenvalue weighted by atomic mass is 10.2. The van der Waals surface area contributed by atoms with Crippen molar-refractivity contribution in [2.45, 2.75) is 12.5 Å². The normalized spacial score (nSPS) is 21.1. The number of rotatable bonds is 2. The number of aromatic nitrogens is 1. The Labute approximate surface area is 86.7 Å². The SMILES string of the molecule is Fc1cc(Cl)cnc1NC1CCNC1. The summed E-state index contributed by atoms with van der Waals surface area (Å²) in [4.78, 5) is 3.90. The zero-order chi connectivity index (χ0) is 9.97. The van der Waals surface area contributed by atoms with Crippen molar-refractivity contribution in [3.8, 4) is 0 Å². The van der Waals surface area contributed by atoms with Gasteiger partial charge in [0, 0.05) is 18.8 Å². The molecule has 0 saturated carbocycles. The van der Waals surface area contributed by atoms with Gasteiger partial charge in [-0.3, -0.25) is 0 Å². The quantitative estimate of drug-likeness (QED) is 0.788. The summed E-state index contributed by atoms with van der Waals surface area (Å²) in [5.74, 6) is -0.118. The minimum atomic E-state index is -0.399. The molecule has 0 amide bonds. The molecule has 3 nitrogen and oxygen atoms in total. The second kappa shape index (κ2) is 4.11. The van der Waals surface area contributed by atoms with Gasteiger partial charge in [-0.1, -0.05) is 11.6 Å². The Hall–Kier alpha value is -0.870. The highest BCUT2D eigenvalue weighted by Crippen LogP contribution is 2.17. The number of nitrogens with zero attached hydrogens (tertiary/aromatic N) is 1. The Bertz CT molecular complexity index is 326. The molecule has 76 valence electrons. The van der Waals surface area contributed by atoms with Crippen molar-refractivity contribution in [2.75, 3.05) is 18.4 Å². The third kappa shape index (κ3) is 2.13. The third-order valence-electron chi connectivity index (χ3n) is 2.21. The Kier molecular flexibility index (Phi) is 2.84. The number of halogens is 2. The number of hydrogen-bond donors (Lipinski definition) is 2. The monoisotopic (exact) mass is 215 g/mol. The van der Waals surface area contributed by atoms with E-state index in [1.165, 1.54) is 12.3 Å². The van der Waals surface area contributed by atoms with E-state index in [0.29, 0.717) is 5.02 Å². The topological polar surface area (TPSA) is 37.0 Å². The van der Waals surface area contributed by atoms with Gasteiger partial charge in [-0.15, -0.1) is 0 Å². The molecule has 1 aromatic heterocycles. The zero-order valence-electron chi connectivity index (χ0n) is 7.56. The molecular weight excluding hydrogens is 205 g/mol. The summed E-state index contributed by atoms with van der Waals surface area (Å²) in [5.41, 5.74) is 0. The van der Waals surface area contributed by atoms with Crippen LogP contribution in [0.5, 0.6) is 0 Å². The Balaban J connectivity index is 2.08. The molecule has 1 atom stereocenters. The fourth-order valence-electron chi connectivity index (χ4n) is 1.49. The third-order valence-corrected chi connectivity index (χ3v) is 2.42. The van der Waals surface area contributed by atoms with E-state index in [1.54, 1.807) is 0 Å². The van der Waals surface area contributed by atoms with E-state index in [0.717, 1.165) is 19.5 Å². The van der Waals surface area contributed by atoms with E-state index in [1.807, 2.05) is 0 Å². The van der Waals surface area contributed by atoms with Gasteiger partial charge in [0.2, 0.25) is 0 Å². The fraction of sp³-hybridized carbons (Fsp3) is 0.444. The minimum Gasteiger partial charge on any atom is -0.364 e. The van der Waals surface area contributed by atoms with E-state index in [4.69, 9.17) is 11.6 Å². The molecule has 1 saturated heterocycles. The Morgan fingerprint density at radius 3 is 3.14 bits per heavy atom. The second-order valence-electron chi connectivity index (χ2n) is 3.32. The predicted octanol–water partition coefficient (Wildman–Crippen LogP) is 1.65. The van der Waals surface area contributed by atoms with Crippen LogP contribution in [0.25, 0.3) is 0 Å². The minimum absolute atomic E-state index is 0.262. The molecule has 2 N–H and O–H groups in total. The summed E-state index contributed by atoms with van der Waals surface area (Å²) >= 11 is 5.59. The molecule has 0 radical (unpaired) electrons. The second-order valence-corrected chi connectivity index (χ2v) is 3.75. The first kappa shape index (κ1) is 9.68. The van der Waals surface area contributed by atoms with Crippen molar-refractivity contribution in [2.24, 2.45) is 0 Å². The highest BCUT2D eigenvalue weighted by Gasteiger charge is 2.16. The van der Waals surface area contributed by atoms with Crippen molar-refractivity contribution >= 4 is 17.4 Å². The number of anilines is 1. The van der Waals surface area contributed by atoms with Crippen LogP contribution < -0.4 is 10.6 Å². The molecule has 1 aliphatic heterocycles. The molecule has 5 heteroatoms.